The first-order chi connectivity index (χ1) is 10.8. The van der Waals surface area contributed by atoms with Gasteiger partial charge in [-0.25, -0.2) is 0 Å². The number of hydrogen-bond acceptors (Lipinski definition) is 5. The quantitative estimate of drug-likeness (QED) is 0.636. The summed E-state index contributed by atoms with van der Waals surface area (Å²) in [5, 5.41) is 15.8. The lowest BCUT2D eigenvalue weighted by atomic mass is 10.0. The summed E-state index contributed by atoms with van der Waals surface area (Å²) in [4.78, 5) is 0. The molecule has 1 aliphatic heterocycles. The first-order valence-corrected chi connectivity index (χ1v) is 8.25. The summed E-state index contributed by atoms with van der Waals surface area (Å²) in [6, 6.07) is 0. The third kappa shape index (κ3) is 4.63. The lowest BCUT2D eigenvalue weighted by Crippen LogP contribution is -2.53. The fraction of sp³-hybridized carbons (Fsp3) is 0.588. The molecule has 0 amide bonds. The highest BCUT2D eigenvalue weighted by molar-refractivity contribution is 5.71. The number of nitrogens with one attached hydrogen (secondary N) is 1. The second kappa shape index (κ2) is 8.63. The summed E-state index contributed by atoms with van der Waals surface area (Å²) < 4.78 is 6.12. The molecule has 5 nitrogen and oxygen atoms in total. The number of ether oxygens (including phenoxy) is 1. The Morgan fingerprint density at radius 1 is 1.32 bits per heavy atom. The minimum atomic E-state index is -0.760. The molecule has 0 bridgehead atoms. The number of aliphatic hydroxyl groups is 1. The van der Waals surface area contributed by atoms with Crippen molar-refractivity contribution in [2.24, 2.45) is 5.10 Å². The summed E-state index contributed by atoms with van der Waals surface area (Å²) in [7, 11) is 0. The molecule has 2 aliphatic rings. The summed E-state index contributed by atoms with van der Waals surface area (Å²) in [5.41, 5.74) is 2.30. The largest absolute Gasteiger partial charge is 0.508 e. The normalized spacial score (nSPS) is 23.5. The highest BCUT2D eigenvalue weighted by Crippen LogP contribution is 2.29. The van der Waals surface area contributed by atoms with Crippen LogP contribution in [0.3, 0.4) is 0 Å². The summed E-state index contributed by atoms with van der Waals surface area (Å²) in [5.74, 6) is 0.209. The molecule has 0 aromatic heterocycles. The highest BCUT2D eigenvalue weighted by atomic mass is 16.5. The molecular formula is C17H27N3O2. The average molecular weight is 305 g/mol. The molecule has 0 saturated carbocycles. The van der Waals surface area contributed by atoms with Crippen molar-refractivity contribution in [3.63, 3.8) is 0 Å². The third-order valence-electron chi connectivity index (χ3n) is 3.84. The molecular weight excluding hydrogens is 278 g/mol. The lowest BCUT2D eigenvalue weighted by Gasteiger charge is -2.40. The van der Waals surface area contributed by atoms with E-state index in [1.165, 1.54) is 32.1 Å². The van der Waals surface area contributed by atoms with Crippen molar-refractivity contribution in [2.75, 3.05) is 6.61 Å². The monoisotopic (exact) mass is 305 g/mol. The Bertz CT molecular complexity index is 457. The minimum absolute atomic E-state index is 0.209. The van der Waals surface area contributed by atoms with E-state index in [0.717, 1.165) is 6.42 Å². The van der Waals surface area contributed by atoms with Crippen molar-refractivity contribution in [2.45, 2.75) is 57.6 Å². The molecule has 1 unspecified atom stereocenters. The van der Waals surface area contributed by atoms with Crippen LogP contribution in [0, 0.1) is 0 Å². The molecule has 0 aromatic carbocycles. The number of rotatable bonds is 9. The van der Waals surface area contributed by atoms with Gasteiger partial charge in [0, 0.05) is 25.3 Å². The van der Waals surface area contributed by atoms with Gasteiger partial charge in [0.25, 0.3) is 0 Å². The van der Waals surface area contributed by atoms with Gasteiger partial charge in [-0.3, -0.25) is 5.43 Å². The fourth-order valence-electron chi connectivity index (χ4n) is 2.63. The van der Waals surface area contributed by atoms with E-state index in [0.29, 0.717) is 13.0 Å². The Labute approximate surface area is 133 Å². The van der Waals surface area contributed by atoms with E-state index in [-0.39, 0.29) is 5.76 Å². The van der Waals surface area contributed by atoms with Gasteiger partial charge in [-0.05, 0) is 18.6 Å². The Hall–Kier alpha value is -1.75. The molecule has 0 spiro atoms. The van der Waals surface area contributed by atoms with E-state index in [2.05, 4.69) is 17.5 Å². The molecule has 0 saturated heterocycles. The van der Waals surface area contributed by atoms with Crippen molar-refractivity contribution in [3.8, 4) is 0 Å². The predicted octanol–water partition coefficient (Wildman–Crippen LogP) is 3.78. The number of unbranched alkanes of at least 4 members (excludes halogenated alkanes) is 5. The van der Waals surface area contributed by atoms with Crippen LogP contribution in [-0.2, 0) is 4.74 Å². The van der Waals surface area contributed by atoms with Crippen LogP contribution in [-0.4, -0.2) is 28.8 Å². The van der Waals surface area contributed by atoms with Crippen LogP contribution >= 0.6 is 0 Å². The van der Waals surface area contributed by atoms with Gasteiger partial charge in [0.2, 0.25) is 5.72 Å². The van der Waals surface area contributed by atoms with Crippen LogP contribution < -0.4 is 5.43 Å². The molecule has 2 N–H and O–H groups in total. The van der Waals surface area contributed by atoms with Crippen molar-refractivity contribution >= 4 is 6.21 Å². The summed E-state index contributed by atoms with van der Waals surface area (Å²) in [6.45, 7) is 2.88. The first-order valence-electron chi connectivity index (χ1n) is 8.25. The Kier molecular flexibility index (Phi) is 6.52. The number of nitrogens with zero attached hydrogens (tertiary/aromatic N) is 2. The zero-order valence-corrected chi connectivity index (χ0v) is 13.4. The molecule has 122 valence electrons. The molecule has 22 heavy (non-hydrogen) atoms. The topological polar surface area (TPSA) is 57.1 Å². The SMILES string of the molecule is CCCCCCCCOC1(N2N=CC=CN2)C=C(O)C=CC1. The van der Waals surface area contributed by atoms with Crippen molar-refractivity contribution < 1.29 is 9.84 Å². The Balaban J connectivity index is 1.85. The van der Waals surface area contributed by atoms with Crippen LogP contribution in [0.4, 0.5) is 0 Å². The number of aliphatic hydroxyl groups excluding tert-OH is 1. The molecule has 0 aromatic rings. The maximum Gasteiger partial charge on any atom is 0.203 e. The third-order valence-corrected chi connectivity index (χ3v) is 3.84. The second-order valence-electron chi connectivity index (χ2n) is 5.70. The van der Waals surface area contributed by atoms with E-state index in [9.17, 15) is 5.11 Å². The van der Waals surface area contributed by atoms with Crippen LogP contribution in [0.2, 0.25) is 0 Å². The lowest BCUT2D eigenvalue weighted by molar-refractivity contribution is -0.140. The molecule has 1 aliphatic carbocycles. The maximum absolute atomic E-state index is 9.85. The van der Waals surface area contributed by atoms with Crippen LogP contribution in [0.1, 0.15) is 51.9 Å². The molecule has 0 fully saturated rings. The minimum Gasteiger partial charge on any atom is -0.508 e. The zero-order chi connectivity index (χ0) is 15.7. The number of hydrazone groups is 1. The molecule has 1 atom stereocenters. The van der Waals surface area contributed by atoms with Gasteiger partial charge >= 0.3 is 0 Å². The van der Waals surface area contributed by atoms with Gasteiger partial charge in [-0.1, -0.05) is 45.1 Å². The van der Waals surface area contributed by atoms with Gasteiger partial charge in [0.1, 0.15) is 5.76 Å². The smallest absolute Gasteiger partial charge is 0.203 e. The van der Waals surface area contributed by atoms with Crippen molar-refractivity contribution in [1.29, 1.82) is 0 Å². The Morgan fingerprint density at radius 3 is 2.86 bits per heavy atom. The molecule has 5 heteroatoms. The molecule has 1 heterocycles. The standard InChI is InChI=1S/C17H27N3O2/c1-2-3-4-5-6-7-14-22-17(11-8-10-16(21)15-17)20-18-12-9-13-19-20/h8-10,12-13,15,18,21H,2-7,11,14H2,1H3. The van der Waals surface area contributed by atoms with Crippen LogP contribution in [0.5, 0.6) is 0 Å². The Morgan fingerprint density at radius 2 is 2.14 bits per heavy atom. The van der Waals surface area contributed by atoms with E-state index in [1.807, 2.05) is 12.2 Å². The summed E-state index contributed by atoms with van der Waals surface area (Å²) >= 11 is 0. The van der Waals surface area contributed by atoms with Gasteiger partial charge in [0.15, 0.2) is 0 Å². The van der Waals surface area contributed by atoms with Crippen molar-refractivity contribution in [1.82, 2.24) is 10.5 Å². The molecule has 2 rings (SSSR count). The second-order valence-corrected chi connectivity index (χ2v) is 5.70. The van der Waals surface area contributed by atoms with Crippen molar-refractivity contribution in [3.05, 3.63) is 36.3 Å². The highest BCUT2D eigenvalue weighted by Gasteiger charge is 2.37. The average Bonchev–Trinajstić information content (AvgIpc) is 2.55. The number of hydrogen-bond donors (Lipinski definition) is 2. The number of hydrazine groups is 1. The zero-order valence-electron chi connectivity index (χ0n) is 13.4. The molecule has 0 radical (unpaired) electrons. The predicted molar refractivity (Wildman–Crippen MR) is 89.1 cm³/mol. The van der Waals surface area contributed by atoms with Gasteiger partial charge in [-0.15, -0.1) is 0 Å². The fourth-order valence-corrected chi connectivity index (χ4v) is 2.63. The van der Waals surface area contributed by atoms with Gasteiger partial charge in [0.05, 0.1) is 6.21 Å². The van der Waals surface area contributed by atoms with Crippen LogP contribution in [0.15, 0.2) is 41.4 Å². The van der Waals surface area contributed by atoms with E-state index >= 15 is 0 Å². The van der Waals surface area contributed by atoms with Crippen LogP contribution in [0.25, 0.3) is 0 Å². The van der Waals surface area contributed by atoms with Gasteiger partial charge in [-0.2, -0.15) is 10.2 Å². The van der Waals surface area contributed by atoms with E-state index in [4.69, 9.17) is 4.74 Å². The maximum atomic E-state index is 9.85. The first kappa shape index (κ1) is 16.6. The van der Waals surface area contributed by atoms with E-state index < -0.39 is 5.72 Å². The summed E-state index contributed by atoms with van der Waals surface area (Å²) in [6.07, 6.45) is 18.6. The van der Waals surface area contributed by atoms with E-state index in [1.54, 1.807) is 29.7 Å². The van der Waals surface area contributed by atoms with Gasteiger partial charge < -0.3 is 9.84 Å². The number of allylic oxidation sites excluding steroid dienone is 2.